The van der Waals surface area contributed by atoms with Gasteiger partial charge in [-0.2, -0.15) is 5.26 Å². The highest BCUT2D eigenvalue weighted by atomic mass is 79.9. The molecule has 0 aromatic carbocycles. The maximum atomic E-state index is 8.81. The smallest absolute Gasteiger partial charge is 0.138 e. The Hall–Kier alpha value is -1.08. The van der Waals surface area contributed by atoms with Gasteiger partial charge in [0, 0.05) is 10.7 Å². The molecule has 0 fully saturated rings. The van der Waals surface area contributed by atoms with Crippen LogP contribution in [0.2, 0.25) is 0 Å². The number of hydrogen-bond donors (Lipinski definition) is 0. The van der Waals surface area contributed by atoms with Gasteiger partial charge >= 0.3 is 0 Å². The molecule has 0 amide bonds. The lowest BCUT2D eigenvalue weighted by Crippen LogP contribution is -2.13. The number of rotatable bonds is 4. The van der Waals surface area contributed by atoms with Crippen LogP contribution >= 0.6 is 15.9 Å². The molecule has 3 nitrogen and oxygen atoms in total. The molecule has 15 heavy (non-hydrogen) atoms. The Kier molecular flexibility index (Phi) is 4.10. The number of halogens is 1. The maximum Gasteiger partial charge on any atom is 0.138 e. The van der Waals surface area contributed by atoms with E-state index in [9.17, 15) is 0 Å². The lowest BCUT2D eigenvalue weighted by Gasteiger charge is -2.15. The fraction of sp³-hybridized carbons (Fsp3) is 0.455. The number of hydrogen-bond acceptors (Lipinski definition) is 3. The third-order valence-electron chi connectivity index (χ3n) is 1.98. The summed E-state index contributed by atoms with van der Waals surface area (Å²) in [5, 5.41) is 8.81. The van der Waals surface area contributed by atoms with E-state index in [1.807, 2.05) is 19.9 Å². The highest BCUT2D eigenvalue weighted by Crippen LogP contribution is 2.20. The van der Waals surface area contributed by atoms with E-state index in [2.05, 4.69) is 27.0 Å². The predicted octanol–water partition coefficient (Wildman–Crippen LogP) is 3.16. The van der Waals surface area contributed by atoms with Crippen molar-refractivity contribution in [3.8, 4) is 11.8 Å². The molecule has 0 aliphatic heterocycles. The van der Waals surface area contributed by atoms with Gasteiger partial charge in [0.1, 0.15) is 5.75 Å². The van der Waals surface area contributed by atoms with Crippen LogP contribution in [0.1, 0.15) is 20.3 Å². The number of pyridine rings is 1. The van der Waals surface area contributed by atoms with Crippen molar-refractivity contribution in [2.24, 2.45) is 5.41 Å². The van der Waals surface area contributed by atoms with Crippen LogP contribution in [-0.4, -0.2) is 11.6 Å². The lowest BCUT2D eigenvalue weighted by atomic mass is 9.92. The van der Waals surface area contributed by atoms with E-state index in [0.29, 0.717) is 13.0 Å². The third kappa shape index (κ3) is 4.30. The van der Waals surface area contributed by atoms with Crippen LogP contribution in [0.15, 0.2) is 22.9 Å². The van der Waals surface area contributed by atoms with Crippen molar-refractivity contribution in [2.75, 3.05) is 6.61 Å². The quantitative estimate of drug-likeness (QED) is 0.843. The highest BCUT2D eigenvalue weighted by Gasteiger charge is 2.16. The largest absolute Gasteiger partial charge is 0.492 e. The molecule has 0 unspecified atom stereocenters. The first kappa shape index (κ1) is 12.0. The Balaban J connectivity index is 2.42. The van der Waals surface area contributed by atoms with Crippen LogP contribution < -0.4 is 4.74 Å². The van der Waals surface area contributed by atoms with Crippen LogP contribution in [0.5, 0.6) is 5.75 Å². The van der Waals surface area contributed by atoms with Crippen LogP contribution in [0.25, 0.3) is 0 Å². The number of nitriles is 1. The molecule has 0 aliphatic rings. The van der Waals surface area contributed by atoms with Gasteiger partial charge in [-0.1, -0.05) is 0 Å². The zero-order valence-electron chi connectivity index (χ0n) is 8.83. The Bertz CT molecular complexity index is 371. The molecule has 0 spiro atoms. The van der Waals surface area contributed by atoms with Gasteiger partial charge in [-0.25, -0.2) is 0 Å². The number of nitrogens with zero attached hydrogens (tertiary/aromatic N) is 2. The molecule has 80 valence electrons. The van der Waals surface area contributed by atoms with Crippen LogP contribution in [0, 0.1) is 16.7 Å². The topological polar surface area (TPSA) is 45.9 Å². The Morgan fingerprint density at radius 1 is 1.53 bits per heavy atom. The zero-order chi connectivity index (χ0) is 11.3. The summed E-state index contributed by atoms with van der Waals surface area (Å²) >= 11 is 3.31. The summed E-state index contributed by atoms with van der Waals surface area (Å²) in [7, 11) is 0. The van der Waals surface area contributed by atoms with E-state index in [1.54, 1.807) is 12.4 Å². The van der Waals surface area contributed by atoms with Crippen molar-refractivity contribution in [1.82, 2.24) is 4.98 Å². The molecule has 0 saturated heterocycles. The van der Waals surface area contributed by atoms with Gasteiger partial charge in [-0.3, -0.25) is 4.98 Å². The van der Waals surface area contributed by atoms with Crippen molar-refractivity contribution >= 4 is 15.9 Å². The molecule has 1 rings (SSSR count). The van der Waals surface area contributed by atoms with Crippen molar-refractivity contribution < 1.29 is 4.74 Å². The van der Waals surface area contributed by atoms with Crippen molar-refractivity contribution in [2.45, 2.75) is 20.3 Å². The summed E-state index contributed by atoms with van der Waals surface area (Å²) in [4.78, 5) is 3.98. The van der Waals surface area contributed by atoms with E-state index in [-0.39, 0.29) is 5.41 Å². The molecular weight excluding hydrogens is 256 g/mol. The predicted molar refractivity (Wildman–Crippen MR) is 61.4 cm³/mol. The molecule has 1 aromatic heterocycles. The first-order chi connectivity index (χ1) is 7.03. The summed E-state index contributed by atoms with van der Waals surface area (Å²) in [5.41, 5.74) is -0.334. The Morgan fingerprint density at radius 3 is 2.87 bits per heavy atom. The molecule has 0 atom stereocenters. The third-order valence-corrected chi connectivity index (χ3v) is 2.41. The van der Waals surface area contributed by atoms with Gasteiger partial charge < -0.3 is 4.74 Å². The second kappa shape index (κ2) is 5.13. The highest BCUT2D eigenvalue weighted by molar-refractivity contribution is 9.10. The molecule has 0 aliphatic carbocycles. The maximum absolute atomic E-state index is 8.81. The van der Waals surface area contributed by atoms with Gasteiger partial charge in [0.05, 0.1) is 24.3 Å². The summed E-state index contributed by atoms with van der Waals surface area (Å²) in [5.74, 6) is 0.720. The van der Waals surface area contributed by atoms with Crippen molar-refractivity contribution in [1.29, 1.82) is 5.26 Å². The van der Waals surface area contributed by atoms with E-state index in [4.69, 9.17) is 10.00 Å². The second-order valence-corrected chi connectivity index (χ2v) is 4.85. The molecule has 1 aromatic rings. The summed E-state index contributed by atoms with van der Waals surface area (Å²) < 4.78 is 6.37. The Labute approximate surface area is 98.2 Å². The monoisotopic (exact) mass is 268 g/mol. The zero-order valence-corrected chi connectivity index (χ0v) is 10.4. The fourth-order valence-corrected chi connectivity index (χ4v) is 1.30. The fourth-order valence-electron chi connectivity index (χ4n) is 0.951. The van der Waals surface area contributed by atoms with Gasteiger partial charge in [0.2, 0.25) is 0 Å². The van der Waals surface area contributed by atoms with Gasteiger partial charge in [0.15, 0.2) is 0 Å². The first-order valence-corrected chi connectivity index (χ1v) is 5.47. The molecule has 0 N–H and O–H groups in total. The van der Waals surface area contributed by atoms with E-state index >= 15 is 0 Å². The number of aromatic nitrogens is 1. The normalized spacial score (nSPS) is 10.8. The average molecular weight is 269 g/mol. The minimum absolute atomic E-state index is 0.334. The molecular formula is C11H13BrN2O. The van der Waals surface area contributed by atoms with Crippen LogP contribution in [0.4, 0.5) is 0 Å². The van der Waals surface area contributed by atoms with Crippen molar-refractivity contribution in [3.63, 3.8) is 0 Å². The summed E-state index contributed by atoms with van der Waals surface area (Å²) in [6.45, 7) is 4.32. The molecule has 0 bridgehead atoms. The lowest BCUT2D eigenvalue weighted by molar-refractivity contribution is 0.263. The SMILES string of the molecule is CC(C)(C#N)CCOc1cncc(Br)c1. The second-order valence-electron chi connectivity index (χ2n) is 3.93. The molecule has 4 heteroatoms. The minimum Gasteiger partial charge on any atom is -0.492 e. The molecule has 1 heterocycles. The average Bonchev–Trinajstić information content (AvgIpc) is 2.18. The van der Waals surface area contributed by atoms with E-state index < -0.39 is 0 Å². The van der Waals surface area contributed by atoms with Crippen LogP contribution in [-0.2, 0) is 0 Å². The van der Waals surface area contributed by atoms with Gasteiger partial charge in [-0.05, 0) is 42.3 Å². The van der Waals surface area contributed by atoms with Gasteiger partial charge in [0.25, 0.3) is 0 Å². The first-order valence-electron chi connectivity index (χ1n) is 4.68. The Morgan fingerprint density at radius 2 is 2.27 bits per heavy atom. The number of ether oxygens (including phenoxy) is 1. The molecule has 0 radical (unpaired) electrons. The minimum atomic E-state index is -0.334. The summed E-state index contributed by atoms with van der Waals surface area (Å²) in [6, 6.07) is 4.09. The summed E-state index contributed by atoms with van der Waals surface area (Å²) in [6.07, 6.45) is 4.06. The van der Waals surface area contributed by atoms with E-state index in [0.717, 1.165) is 10.2 Å². The molecule has 0 saturated carbocycles. The van der Waals surface area contributed by atoms with E-state index in [1.165, 1.54) is 0 Å². The van der Waals surface area contributed by atoms with Crippen molar-refractivity contribution in [3.05, 3.63) is 22.9 Å². The van der Waals surface area contributed by atoms with Gasteiger partial charge in [-0.15, -0.1) is 0 Å². The van der Waals surface area contributed by atoms with Crippen LogP contribution in [0.3, 0.4) is 0 Å². The standard InChI is InChI=1S/C11H13BrN2O/c1-11(2,8-13)3-4-15-10-5-9(12)6-14-7-10/h5-7H,3-4H2,1-2H3.